The van der Waals surface area contributed by atoms with Crippen LogP contribution in [0.25, 0.3) is 22.6 Å². The summed E-state index contributed by atoms with van der Waals surface area (Å²) < 4.78 is 2.65. The maximum absolute atomic E-state index is 2.81. The highest BCUT2D eigenvalue weighted by Crippen LogP contribution is 2.49. The number of nitrogens with zero attached hydrogens (tertiary/aromatic N) is 2. The number of benzene rings is 2. The fourth-order valence-corrected chi connectivity index (χ4v) is 9.26. The molecular weight excluding hydrogens is 532 g/mol. The highest BCUT2D eigenvalue weighted by Gasteiger charge is 2.41. The Morgan fingerprint density at radius 1 is 0.773 bits per heavy atom. The largest absolute Gasteiger partial charge is 0.361 e. The van der Waals surface area contributed by atoms with Gasteiger partial charge in [0, 0.05) is 34.3 Å². The first-order chi connectivity index (χ1) is 21.8. The Kier molecular flexibility index (Phi) is 6.50. The zero-order valence-electron chi connectivity index (χ0n) is 25.6. The van der Waals surface area contributed by atoms with E-state index in [-0.39, 0.29) is 0 Å². The molecule has 1 fully saturated rings. The van der Waals surface area contributed by atoms with Gasteiger partial charge in [-0.15, -0.1) is 0 Å². The molecule has 2 heteroatoms. The lowest BCUT2D eigenvalue weighted by Crippen LogP contribution is -2.43. The lowest BCUT2D eigenvalue weighted by molar-refractivity contribution is 0.336. The van der Waals surface area contributed by atoms with Crippen molar-refractivity contribution in [3.8, 4) is 0 Å². The Morgan fingerprint density at radius 2 is 1.68 bits per heavy atom. The third-order valence-corrected chi connectivity index (χ3v) is 11.4. The van der Waals surface area contributed by atoms with Gasteiger partial charge in [-0.2, -0.15) is 0 Å². The van der Waals surface area contributed by atoms with Crippen molar-refractivity contribution in [2.24, 2.45) is 5.92 Å². The Balaban J connectivity index is 1.04. The molecule has 0 amide bonds. The van der Waals surface area contributed by atoms with E-state index in [4.69, 9.17) is 0 Å². The summed E-state index contributed by atoms with van der Waals surface area (Å²) >= 11 is 0. The van der Waals surface area contributed by atoms with Gasteiger partial charge in [0.25, 0.3) is 0 Å². The van der Waals surface area contributed by atoms with E-state index in [1.54, 1.807) is 5.57 Å². The predicted octanol–water partition coefficient (Wildman–Crippen LogP) is 10.4. The Bertz CT molecular complexity index is 1830. The summed E-state index contributed by atoms with van der Waals surface area (Å²) in [5.41, 5.74) is 11.7. The molecule has 0 radical (unpaired) electrons. The molecule has 44 heavy (non-hydrogen) atoms. The van der Waals surface area contributed by atoms with E-state index in [2.05, 4.69) is 125 Å². The first-order valence-electron chi connectivity index (χ1n) is 17.1. The standard InChI is InChI=1S/C42H42N2/c1-3-11-29(12-4-1)30-19-23-34(24-20-30)43-40-18-10-8-16-36(40)38-27-31(22-26-41(38)43)32-21-25-37-35-15-7-9-17-39(35)44(42(37)28-32)33-13-5-2-6-14-33/h1-3,5-8,10-11,13,15-16,18,21-22,25-28,30,33-34,38,41H,4,9,12,14,17,19-20,23-24H2. The van der Waals surface area contributed by atoms with Crippen LogP contribution in [0, 0.1) is 5.92 Å². The van der Waals surface area contributed by atoms with Crippen LogP contribution in [0.1, 0.15) is 85.7 Å². The lowest BCUT2D eigenvalue weighted by Gasteiger charge is -2.41. The second-order valence-corrected chi connectivity index (χ2v) is 13.7. The summed E-state index contributed by atoms with van der Waals surface area (Å²) in [6, 6.07) is 18.0. The van der Waals surface area contributed by atoms with Gasteiger partial charge in [-0.05, 0) is 92.5 Å². The van der Waals surface area contributed by atoms with Crippen molar-refractivity contribution in [2.75, 3.05) is 4.90 Å². The number of anilines is 1. The average Bonchev–Trinajstić information content (AvgIpc) is 3.61. The van der Waals surface area contributed by atoms with E-state index in [9.17, 15) is 0 Å². The van der Waals surface area contributed by atoms with E-state index < -0.39 is 0 Å². The number of rotatable bonds is 4. The van der Waals surface area contributed by atoms with Gasteiger partial charge in [-0.25, -0.2) is 0 Å². The van der Waals surface area contributed by atoms with Crippen LogP contribution in [0.3, 0.4) is 0 Å². The summed E-state index contributed by atoms with van der Waals surface area (Å²) in [7, 11) is 0. The number of aromatic nitrogens is 1. The Hall–Kier alpha value is -4.04. The number of hydrogen-bond acceptors (Lipinski definition) is 1. The van der Waals surface area contributed by atoms with Crippen molar-refractivity contribution in [2.45, 2.75) is 81.8 Å². The zero-order chi connectivity index (χ0) is 29.0. The predicted molar refractivity (Wildman–Crippen MR) is 186 cm³/mol. The fourth-order valence-electron chi connectivity index (χ4n) is 9.26. The molecule has 3 aromatic rings. The zero-order valence-corrected chi connectivity index (χ0v) is 25.6. The van der Waals surface area contributed by atoms with E-state index in [0.717, 1.165) is 25.2 Å². The van der Waals surface area contributed by atoms with Crippen LogP contribution in [-0.4, -0.2) is 16.7 Å². The molecule has 1 aliphatic heterocycles. The highest BCUT2D eigenvalue weighted by atomic mass is 15.2. The molecule has 6 aliphatic rings. The molecule has 0 saturated heterocycles. The SMILES string of the molecule is C1=CCCC(C2CCC(N3c4ccccc4C4C=C(c5ccc6c7c(n(C8C=CC=CC8)c6c5)CCC=C7)C=CC43)CC2)=C1. The molecule has 0 bridgehead atoms. The maximum atomic E-state index is 2.81. The minimum absolute atomic E-state index is 0.393. The second-order valence-electron chi connectivity index (χ2n) is 13.7. The molecule has 220 valence electrons. The van der Waals surface area contributed by atoms with Crippen molar-refractivity contribution in [1.82, 2.24) is 4.57 Å². The van der Waals surface area contributed by atoms with Gasteiger partial charge in [0.1, 0.15) is 0 Å². The summed E-state index contributed by atoms with van der Waals surface area (Å²) in [6.07, 6.45) is 39.5. The number of para-hydroxylation sites is 1. The van der Waals surface area contributed by atoms with Crippen LogP contribution in [-0.2, 0) is 6.42 Å². The van der Waals surface area contributed by atoms with Gasteiger partial charge in [0.2, 0.25) is 0 Å². The summed E-state index contributed by atoms with van der Waals surface area (Å²) in [4.78, 5) is 2.81. The van der Waals surface area contributed by atoms with Gasteiger partial charge in [0.05, 0.1) is 17.6 Å². The first-order valence-corrected chi connectivity index (χ1v) is 17.1. The van der Waals surface area contributed by atoms with Crippen LogP contribution in [0.2, 0.25) is 0 Å². The molecular formula is C42H42N2. The van der Waals surface area contributed by atoms with Crippen LogP contribution in [0.15, 0.2) is 115 Å². The summed E-state index contributed by atoms with van der Waals surface area (Å²) in [5.74, 6) is 1.19. The normalized spacial score (nSPS) is 28.5. The molecule has 5 aliphatic carbocycles. The fraction of sp³-hybridized carbons (Fsp3) is 0.333. The van der Waals surface area contributed by atoms with Crippen LogP contribution < -0.4 is 4.90 Å². The number of hydrogen-bond donors (Lipinski definition) is 0. The lowest BCUT2D eigenvalue weighted by atomic mass is 9.78. The molecule has 1 saturated carbocycles. The van der Waals surface area contributed by atoms with Gasteiger partial charge < -0.3 is 9.47 Å². The molecule has 2 aromatic carbocycles. The van der Waals surface area contributed by atoms with Gasteiger partial charge in [-0.3, -0.25) is 0 Å². The molecule has 9 rings (SSSR count). The Morgan fingerprint density at radius 3 is 2.55 bits per heavy atom. The molecule has 1 aromatic heterocycles. The second kappa shape index (κ2) is 10.8. The van der Waals surface area contributed by atoms with Crippen molar-refractivity contribution in [3.63, 3.8) is 0 Å². The molecule has 2 nitrogen and oxygen atoms in total. The molecule has 2 heterocycles. The molecule has 0 N–H and O–H groups in total. The smallest absolute Gasteiger partial charge is 0.0583 e. The third-order valence-electron chi connectivity index (χ3n) is 11.4. The first kappa shape index (κ1) is 26.4. The van der Waals surface area contributed by atoms with Gasteiger partial charge >= 0.3 is 0 Å². The van der Waals surface area contributed by atoms with Gasteiger partial charge in [-0.1, -0.05) is 109 Å². The minimum Gasteiger partial charge on any atom is -0.361 e. The van der Waals surface area contributed by atoms with E-state index in [1.165, 1.54) is 83.1 Å². The maximum Gasteiger partial charge on any atom is 0.0583 e. The van der Waals surface area contributed by atoms with Crippen LogP contribution in [0.5, 0.6) is 0 Å². The molecule has 0 spiro atoms. The molecule has 3 unspecified atom stereocenters. The Labute approximate surface area is 262 Å². The quantitative estimate of drug-likeness (QED) is 0.301. The average molecular weight is 575 g/mol. The van der Waals surface area contributed by atoms with Crippen molar-refractivity contribution in [3.05, 3.63) is 137 Å². The number of allylic oxidation sites excluding steroid dienone is 11. The highest BCUT2D eigenvalue weighted by molar-refractivity contribution is 5.95. The monoisotopic (exact) mass is 574 g/mol. The van der Waals surface area contributed by atoms with Crippen LogP contribution >= 0.6 is 0 Å². The van der Waals surface area contributed by atoms with Crippen molar-refractivity contribution < 1.29 is 0 Å². The third kappa shape index (κ3) is 4.29. The topological polar surface area (TPSA) is 8.17 Å². The number of fused-ring (bicyclic) bond motifs is 6. The van der Waals surface area contributed by atoms with Gasteiger partial charge in [0.15, 0.2) is 0 Å². The van der Waals surface area contributed by atoms with Crippen LogP contribution in [0.4, 0.5) is 5.69 Å². The van der Waals surface area contributed by atoms with E-state index in [1.807, 2.05) is 0 Å². The summed E-state index contributed by atoms with van der Waals surface area (Å²) in [6.45, 7) is 0. The summed E-state index contributed by atoms with van der Waals surface area (Å²) in [5, 5.41) is 1.40. The minimum atomic E-state index is 0.393. The van der Waals surface area contributed by atoms with E-state index >= 15 is 0 Å². The van der Waals surface area contributed by atoms with Crippen molar-refractivity contribution >= 4 is 28.2 Å². The van der Waals surface area contributed by atoms with E-state index in [0.29, 0.717) is 24.0 Å². The van der Waals surface area contributed by atoms with Crippen molar-refractivity contribution in [1.29, 1.82) is 0 Å². The molecule has 3 atom stereocenters.